The Kier molecular flexibility index (Phi) is 7.18. The molecule has 0 spiro atoms. The zero-order chi connectivity index (χ0) is 29.6. The summed E-state index contributed by atoms with van der Waals surface area (Å²) in [6.45, 7) is 5.83. The van der Waals surface area contributed by atoms with E-state index in [9.17, 15) is 19.5 Å². The van der Waals surface area contributed by atoms with E-state index in [1.807, 2.05) is 38.1 Å². The molecule has 1 aromatic heterocycles. The average Bonchev–Trinajstić information content (AvgIpc) is 3.64. The van der Waals surface area contributed by atoms with Gasteiger partial charge in [-0.2, -0.15) is 15.0 Å². The minimum absolute atomic E-state index is 0.0718. The van der Waals surface area contributed by atoms with Crippen molar-refractivity contribution in [2.75, 3.05) is 13.1 Å². The Hall–Kier alpha value is -3.96. The van der Waals surface area contributed by atoms with Crippen LogP contribution in [0.2, 0.25) is 0 Å². The van der Waals surface area contributed by atoms with Gasteiger partial charge in [0.15, 0.2) is 0 Å². The van der Waals surface area contributed by atoms with Crippen molar-refractivity contribution in [3.05, 3.63) is 76.9 Å². The van der Waals surface area contributed by atoms with E-state index >= 15 is 4.39 Å². The Morgan fingerprint density at radius 1 is 1.05 bits per heavy atom. The number of likely N-dealkylation sites (tertiary alicyclic amines) is 1. The minimum Gasteiger partial charge on any atom is -0.384 e. The Bertz CT molecular complexity index is 1520. The molecule has 2 N–H and O–H groups in total. The van der Waals surface area contributed by atoms with Crippen molar-refractivity contribution in [1.29, 1.82) is 0 Å². The van der Waals surface area contributed by atoms with Crippen LogP contribution in [-0.4, -0.2) is 66.8 Å². The number of carbonyl (C=O) groups is 3. The highest BCUT2D eigenvalue weighted by Gasteiger charge is 2.54. The second-order valence-corrected chi connectivity index (χ2v) is 11.6. The number of fused-ring (bicyclic) bond motifs is 1. The number of carbonyl (C=O) groups excluding carboxylic acids is 3. The molecule has 220 valence electrons. The van der Waals surface area contributed by atoms with Crippen LogP contribution < -0.4 is 5.32 Å². The molecule has 0 aliphatic carbocycles. The van der Waals surface area contributed by atoms with Crippen molar-refractivity contribution in [2.24, 2.45) is 5.41 Å². The van der Waals surface area contributed by atoms with Gasteiger partial charge in [-0.25, -0.2) is 4.39 Å². The Morgan fingerprint density at radius 2 is 1.76 bits per heavy atom. The number of hydrogen-bond donors (Lipinski definition) is 2. The number of nitrogens with zero attached hydrogens (tertiary/aromatic N) is 5. The molecule has 11 heteroatoms. The van der Waals surface area contributed by atoms with Crippen LogP contribution in [0, 0.1) is 11.2 Å². The summed E-state index contributed by atoms with van der Waals surface area (Å²) in [5.41, 5.74) is 0.542. The van der Waals surface area contributed by atoms with Crippen LogP contribution in [-0.2, 0) is 28.3 Å². The number of rotatable bonds is 7. The first kappa shape index (κ1) is 28.2. The van der Waals surface area contributed by atoms with Crippen molar-refractivity contribution in [3.8, 4) is 5.69 Å². The molecule has 0 bridgehead atoms. The topological polar surface area (TPSA) is 121 Å². The van der Waals surface area contributed by atoms with Crippen LogP contribution in [0.15, 0.2) is 48.8 Å². The number of hydrogen-bond acceptors (Lipinski definition) is 7. The summed E-state index contributed by atoms with van der Waals surface area (Å²) in [6, 6.07) is 10.3. The molecule has 3 aliphatic rings. The molecule has 2 atom stereocenters. The molecular formula is C31H35FN6O4. The standard InChI is InChI=1S/C31H35FN6O4/c1-3-30(4-2)19-36(17-20-5-7-21(8-6-20)38-33-14-15-34-38)16-13-31(30,42)24-10-9-22-23(27(24)32)18-37(29(22)41)25-11-12-26(39)35-28(25)40/h5-10,14-15,25,42H,3-4,11-13,16-19H2,1-2H3,(H,35,39,40). The summed E-state index contributed by atoms with van der Waals surface area (Å²) in [4.78, 5) is 42.5. The van der Waals surface area contributed by atoms with Crippen LogP contribution in [0.4, 0.5) is 4.39 Å². The van der Waals surface area contributed by atoms with E-state index in [0.29, 0.717) is 38.9 Å². The van der Waals surface area contributed by atoms with Gasteiger partial charge in [0.2, 0.25) is 11.8 Å². The summed E-state index contributed by atoms with van der Waals surface area (Å²) in [6.07, 6.45) is 5.21. The molecule has 2 aromatic carbocycles. The summed E-state index contributed by atoms with van der Waals surface area (Å²) in [5, 5.41) is 23.0. The monoisotopic (exact) mass is 574 g/mol. The van der Waals surface area contributed by atoms with Gasteiger partial charge in [-0.1, -0.05) is 32.0 Å². The lowest BCUT2D eigenvalue weighted by molar-refractivity contribution is -0.150. The van der Waals surface area contributed by atoms with Crippen LogP contribution >= 0.6 is 0 Å². The molecule has 2 saturated heterocycles. The van der Waals surface area contributed by atoms with Gasteiger partial charge in [0, 0.05) is 48.2 Å². The summed E-state index contributed by atoms with van der Waals surface area (Å²) >= 11 is 0. The van der Waals surface area contributed by atoms with Crippen molar-refractivity contribution < 1.29 is 23.9 Å². The number of nitrogens with one attached hydrogen (secondary N) is 1. The van der Waals surface area contributed by atoms with Crippen LogP contribution in [0.1, 0.15) is 73.0 Å². The third-order valence-electron chi connectivity index (χ3n) is 9.63. The van der Waals surface area contributed by atoms with Gasteiger partial charge in [-0.05, 0) is 49.4 Å². The Morgan fingerprint density at radius 3 is 2.43 bits per heavy atom. The fraction of sp³-hybridized carbons (Fsp3) is 0.452. The first-order chi connectivity index (χ1) is 20.2. The lowest BCUT2D eigenvalue weighted by Crippen LogP contribution is -2.57. The molecular weight excluding hydrogens is 539 g/mol. The predicted molar refractivity (Wildman–Crippen MR) is 151 cm³/mol. The lowest BCUT2D eigenvalue weighted by atomic mass is 9.61. The smallest absolute Gasteiger partial charge is 0.255 e. The number of imide groups is 1. The maximum Gasteiger partial charge on any atom is 0.255 e. The minimum atomic E-state index is -1.44. The van der Waals surface area contributed by atoms with Gasteiger partial charge in [-0.3, -0.25) is 24.6 Å². The van der Waals surface area contributed by atoms with E-state index in [1.54, 1.807) is 29.3 Å². The largest absolute Gasteiger partial charge is 0.384 e. The third-order valence-corrected chi connectivity index (χ3v) is 9.63. The van der Waals surface area contributed by atoms with Gasteiger partial charge in [0.25, 0.3) is 5.91 Å². The van der Waals surface area contributed by atoms with Crippen molar-refractivity contribution >= 4 is 17.7 Å². The van der Waals surface area contributed by atoms with E-state index < -0.39 is 34.7 Å². The first-order valence-corrected chi connectivity index (χ1v) is 14.6. The zero-order valence-electron chi connectivity index (χ0n) is 23.8. The van der Waals surface area contributed by atoms with Gasteiger partial charge < -0.3 is 10.0 Å². The summed E-state index contributed by atoms with van der Waals surface area (Å²) in [5.74, 6) is -1.93. The Labute approximate surface area is 243 Å². The first-order valence-electron chi connectivity index (χ1n) is 14.6. The highest BCUT2D eigenvalue weighted by atomic mass is 19.1. The number of aromatic nitrogens is 3. The molecule has 2 fully saturated rings. The summed E-state index contributed by atoms with van der Waals surface area (Å²) < 4.78 is 16.4. The number of halogens is 1. The van der Waals surface area contributed by atoms with Crippen molar-refractivity contribution in [3.63, 3.8) is 0 Å². The van der Waals surface area contributed by atoms with E-state index in [0.717, 1.165) is 11.3 Å². The van der Waals surface area contributed by atoms with Crippen molar-refractivity contribution in [2.45, 2.75) is 70.7 Å². The third kappa shape index (κ3) is 4.51. The molecule has 4 heterocycles. The van der Waals surface area contributed by atoms with Crippen LogP contribution in [0.25, 0.3) is 5.69 Å². The molecule has 0 saturated carbocycles. The predicted octanol–water partition coefficient (Wildman–Crippen LogP) is 3.07. The van der Waals surface area contributed by atoms with E-state index in [1.165, 1.54) is 4.90 Å². The number of benzene rings is 2. The number of piperidine rings is 2. The lowest BCUT2D eigenvalue weighted by Gasteiger charge is -2.54. The highest BCUT2D eigenvalue weighted by molar-refractivity contribution is 6.05. The van der Waals surface area contributed by atoms with Crippen molar-refractivity contribution in [1.82, 2.24) is 30.1 Å². The molecule has 42 heavy (non-hydrogen) atoms. The normalized spacial score (nSPS) is 24.1. The number of amides is 3. The Balaban J connectivity index is 1.24. The van der Waals surface area contributed by atoms with Crippen LogP contribution in [0.3, 0.4) is 0 Å². The van der Waals surface area contributed by atoms with E-state index in [-0.39, 0.29) is 42.0 Å². The highest BCUT2D eigenvalue weighted by Crippen LogP contribution is 2.52. The molecule has 2 unspecified atom stereocenters. The molecule has 3 aliphatic heterocycles. The van der Waals surface area contributed by atoms with Gasteiger partial charge in [0.1, 0.15) is 17.5 Å². The quantitative estimate of drug-likeness (QED) is 0.416. The van der Waals surface area contributed by atoms with E-state index in [2.05, 4.69) is 20.4 Å². The molecule has 10 nitrogen and oxygen atoms in total. The summed E-state index contributed by atoms with van der Waals surface area (Å²) in [7, 11) is 0. The van der Waals surface area contributed by atoms with Gasteiger partial charge >= 0.3 is 0 Å². The maximum absolute atomic E-state index is 16.4. The van der Waals surface area contributed by atoms with E-state index in [4.69, 9.17) is 0 Å². The zero-order valence-corrected chi connectivity index (χ0v) is 23.8. The molecule has 6 rings (SSSR count). The SMILES string of the molecule is CCC1(CC)CN(Cc2ccc(-n3nccn3)cc2)CCC1(O)c1ccc2c(c1F)CN(C1CCC(=O)NC1=O)C2=O. The fourth-order valence-electron chi connectivity index (χ4n) is 7.10. The average molecular weight is 575 g/mol. The van der Waals surface area contributed by atoms with Gasteiger partial charge in [-0.15, -0.1) is 0 Å². The fourth-order valence-corrected chi connectivity index (χ4v) is 7.10. The van der Waals surface area contributed by atoms with Gasteiger partial charge in [0.05, 0.1) is 24.6 Å². The second kappa shape index (κ2) is 10.7. The maximum atomic E-state index is 16.4. The molecule has 0 radical (unpaired) electrons. The molecule has 3 aromatic rings. The second-order valence-electron chi connectivity index (χ2n) is 11.6. The number of aliphatic hydroxyl groups is 1. The van der Waals surface area contributed by atoms with Crippen LogP contribution in [0.5, 0.6) is 0 Å². The molecule has 3 amide bonds.